The molecule has 6 nitrogen and oxygen atoms in total. The molecule has 0 amide bonds. The van der Waals surface area contributed by atoms with Crippen molar-refractivity contribution in [3.8, 4) is 89.8 Å². The van der Waals surface area contributed by atoms with E-state index in [1.165, 1.54) is 36.9 Å². The minimum absolute atomic E-state index is 0.607. The average molecular weight is 799 g/mol. The number of hydrogen-bond acceptors (Lipinski definition) is 7. The van der Waals surface area contributed by atoms with Crippen molar-refractivity contribution in [2.45, 2.75) is 0 Å². The predicted molar refractivity (Wildman–Crippen MR) is 250 cm³/mol. The molecule has 0 atom stereocenters. The molecule has 0 saturated carbocycles. The molecule has 0 N–H and O–H groups in total. The first-order chi connectivity index (χ1) is 30.2. The van der Waals surface area contributed by atoms with Gasteiger partial charge in [0, 0.05) is 74.0 Å². The van der Waals surface area contributed by atoms with Gasteiger partial charge in [-0.15, -0.1) is 11.3 Å². The summed E-state index contributed by atoms with van der Waals surface area (Å²) in [5, 5.41) is 2.52. The van der Waals surface area contributed by atoms with Crippen LogP contribution in [0.25, 0.3) is 110 Å². The highest BCUT2D eigenvalue weighted by Gasteiger charge is 2.16. The van der Waals surface area contributed by atoms with Crippen molar-refractivity contribution < 1.29 is 0 Å². The zero-order valence-corrected chi connectivity index (χ0v) is 33.5. The molecule has 0 bridgehead atoms. The van der Waals surface area contributed by atoms with E-state index in [0.29, 0.717) is 17.5 Å². The Balaban J connectivity index is 0.955. The van der Waals surface area contributed by atoms with Crippen LogP contribution in [-0.2, 0) is 0 Å². The van der Waals surface area contributed by atoms with E-state index in [1.54, 1.807) is 18.6 Å². The largest absolute Gasteiger partial charge is 0.264 e. The summed E-state index contributed by atoms with van der Waals surface area (Å²) in [6.45, 7) is 0. The maximum absolute atomic E-state index is 5.07. The van der Waals surface area contributed by atoms with Crippen molar-refractivity contribution >= 4 is 31.5 Å². The summed E-state index contributed by atoms with van der Waals surface area (Å²) < 4.78 is 2.54. The third kappa shape index (κ3) is 7.03. The molecule has 7 heteroatoms. The van der Waals surface area contributed by atoms with Gasteiger partial charge < -0.3 is 0 Å². The van der Waals surface area contributed by atoms with E-state index < -0.39 is 0 Å². The highest BCUT2D eigenvalue weighted by molar-refractivity contribution is 7.26. The molecule has 0 fully saturated rings. The van der Waals surface area contributed by atoms with Crippen LogP contribution in [0.15, 0.2) is 207 Å². The van der Waals surface area contributed by atoms with Gasteiger partial charge >= 0.3 is 0 Å². The van der Waals surface area contributed by atoms with Gasteiger partial charge in [-0.05, 0) is 73.8 Å². The minimum Gasteiger partial charge on any atom is -0.264 e. The second kappa shape index (κ2) is 15.6. The predicted octanol–water partition coefficient (Wildman–Crippen LogP) is 13.8. The molecule has 0 saturated heterocycles. The molecule has 0 spiro atoms. The molecule has 0 aliphatic rings. The van der Waals surface area contributed by atoms with Crippen molar-refractivity contribution in [1.82, 2.24) is 29.9 Å². The van der Waals surface area contributed by atoms with Crippen LogP contribution in [0.3, 0.4) is 0 Å². The second-order valence-corrected chi connectivity index (χ2v) is 15.8. The van der Waals surface area contributed by atoms with Crippen LogP contribution in [0.5, 0.6) is 0 Å². The normalized spacial score (nSPS) is 11.3. The van der Waals surface area contributed by atoms with Crippen LogP contribution in [0.4, 0.5) is 0 Å². The van der Waals surface area contributed by atoms with E-state index in [2.05, 4.69) is 167 Å². The van der Waals surface area contributed by atoms with Crippen molar-refractivity contribution in [1.29, 1.82) is 0 Å². The monoisotopic (exact) mass is 798 g/mol. The molecule has 0 unspecified atom stereocenters. The quantitative estimate of drug-likeness (QED) is 0.152. The molecule has 0 aliphatic carbocycles. The van der Waals surface area contributed by atoms with E-state index in [0.717, 1.165) is 55.6 Å². The lowest BCUT2D eigenvalue weighted by Crippen LogP contribution is -2.00. The van der Waals surface area contributed by atoms with E-state index >= 15 is 0 Å². The number of aromatic nitrogens is 6. The molecule has 11 aromatic rings. The number of pyridine rings is 3. The van der Waals surface area contributed by atoms with Gasteiger partial charge in [-0.25, -0.2) is 15.0 Å². The smallest absolute Gasteiger partial charge is 0.164 e. The van der Waals surface area contributed by atoms with Crippen LogP contribution in [0, 0.1) is 0 Å². The van der Waals surface area contributed by atoms with Gasteiger partial charge in [-0.3, -0.25) is 15.0 Å². The summed E-state index contributed by atoms with van der Waals surface area (Å²) in [6.07, 6.45) is 11.0. The number of benzene rings is 6. The Hall–Kier alpha value is -8.00. The van der Waals surface area contributed by atoms with E-state index in [1.807, 2.05) is 48.1 Å². The van der Waals surface area contributed by atoms with E-state index in [9.17, 15) is 0 Å². The first-order valence-electron chi connectivity index (χ1n) is 20.1. The summed E-state index contributed by atoms with van der Waals surface area (Å²) in [5.74, 6) is 1.82. The van der Waals surface area contributed by atoms with Gasteiger partial charge in [0.05, 0.1) is 0 Å². The third-order valence-corrected chi connectivity index (χ3v) is 12.4. The van der Waals surface area contributed by atoms with Gasteiger partial charge in [-0.1, -0.05) is 152 Å². The Labute approximate surface area is 356 Å². The van der Waals surface area contributed by atoms with Gasteiger partial charge in [0.2, 0.25) is 0 Å². The van der Waals surface area contributed by atoms with Gasteiger partial charge in [0.15, 0.2) is 17.5 Å². The Kier molecular flexibility index (Phi) is 9.26. The molecular formula is C54H34N6S. The molecular weight excluding hydrogens is 765 g/mol. The molecule has 0 radical (unpaired) electrons. The van der Waals surface area contributed by atoms with Crippen molar-refractivity contribution in [2.24, 2.45) is 0 Å². The highest BCUT2D eigenvalue weighted by atomic mass is 32.1. The van der Waals surface area contributed by atoms with Crippen LogP contribution in [-0.4, -0.2) is 29.9 Å². The van der Waals surface area contributed by atoms with Gasteiger partial charge in [0.25, 0.3) is 0 Å². The average Bonchev–Trinajstić information content (AvgIpc) is 3.74. The third-order valence-electron chi connectivity index (χ3n) is 11.1. The zero-order chi connectivity index (χ0) is 40.5. The number of thiophene rings is 1. The number of fused-ring (bicyclic) bond motifs is 3. The molecule has 61 heavy (non-hydrogen) atoms. The van der Waals surface area contributed by atoms with Crippen LogP contribution >= 0.6 is 11.3 Å². The van der Waals surface area contributed by atoms with Crippen LogP contribution in [0.2, 0.25) is 0 Å². The first-order valence-corrected chi connectivity index (χ1v) is 20.9. The molecule has 5 heterocycles. The number of hydrogen-bond donors (Lipinski definition) is 0. The van der Waals surface area contributed by atoms with E-state index in [4.69, 9.17) is 15.0 Å². The summed E-state index contributed by atoms with van der Waals surface area (Å²) in [5.41, 5.74) is 14.0. The zero-order valence-electron chi connectivity index (χ0n) is 32.7. The highest BCUT2D eigenvalue weighted by Crippen LogP contribution is 2.44. The Morgan fingerprint density at radius 1 is 0.262 bits per heavy atom. The lowest BCUT2D eigenvalue weighted by molar-refractivity contribution is 1.07. The maximum atomic E-state index is 5.07. The van der Waals surface area contributed by atoms with E-state index in [-0.39, 0.29) is 0 Å². The van der Waals surface area contributed by atoms with Crippen molar-refractivity contribution in [3.05, 3.63) is 207 Å². The fourth-order valence-corrected chi connectivity index (χ4v) is 9.27. The van der Waals surface area contributed by atoms with Crippen LogP contribution in [0.1, 0.15) is 0 Å². The number of rotatable bonds is 8. The number of nitrogens with zero attached hydrogens (tertiary/aromatic N) is 6. The summed E-state index contributed by atoms with van der Waals surface area (Å²) in [7, 11) is 0. The summed E-state index contributed by atoms with van der Waals surface area (Å²) >= 11 is 1.85. The topological polar surface area (TPSA) is 77.3 Å². The Morgan fingerprint density at radius 2 is 0.574 bits per heavy atom. The van der Waals surface area contributed by atoms with Crippen molar-refractivity contribution in [2.75, 3.05) is 0 Å². The first kappa shape index (κ1) is 36.1. The minimum atomic E-state index is 0.607. The Bertz CT molecular complexity index is 3200. The Morgan fingerprint density at radius 3 is 0.885 bits per heavy atom. The summed E-state index contributed by atoms with van der Waals surface area (Å²) in [6, 6.07) is 59.3. The molecule has 5 aromatic heterocycles. The molecule has 11 rings (SSSR count). The molecule has 6 aromatic carbocycles. The fraction of sp³-hybridized carbons (Fsp3) is 0. The second-order valence-electron chi connectivity index (χ2n) is 14.8. The standard InChI is InChI=1S/C54H34N6S/c1-9-46(38-19-13-35(14-20-38)43-6-3-29-55-32-43)50-48(11-1)49-12-2-10-47(51(49)61-50)39-21-27-42(28-22-39)54-59-52(40-23-15-36(16-24-40)44-7-4-30-56-33-44)58-53(60-54)41-25-17-37(18-26-41)45-8-5-31-57-34-45/h1-34H. The lowest BCUT2D eigenvalue weighted by Gasteiger charge is -2.10. The van der Waals surface area contributed by atoms with Crippen molar-refractivity contribution in [3.63, 3.8) is 0 Å². The SMILES string of the molecule is c1cncc(-c2ccc(-c3nc(-c4ccc(-c5cccnc5)cc4)nc(-c4ccc(-c5cccc6c5sc5c(-c7ccc(-c8cccnc8)cc7)cccc56)cc4)n3)cc2)c1. The summed E-state index contributed by atoms with van der Waals surface area (Å²) in [4.78, 5) is 28.0. The molecule has 0 aliphatic heterocycles. The van der Waals surface area contributed by atoms with Crippen LogP contribution < -0.4 is 0 Å². The molecule has 286 valence electrons. The van der Waals surface area contributed by atoms with Gasteiger partial charge in [-0.2, -0.15) is 0 Å². The fourth-order valence-electron chi connectivity index (χ4n) is 7.90. The lowest BCUT2D eigenvalue weighted by atomic mass is 9.98. The van der Waals surface area contributed by atoms with Gasteiger partial charge in [0.1, 0.15) is 0 Å². The maximum Gasteiger partial charge on any atom is 0.164 e.